The van der Waals surface area contributed by atoms with Gasteiger partial charge in [0.1, 0.15) is 18.3 Å². The lowest BCUT2D eigenvalue weighted by Crippen LogP contribution is -2.55. The Labute approximate surface area is 109 Å². The van der Waals surface area contributed by atoms with E-state index >= 15 is 0 Å². The Balaban J connectivity index is 2.03. The predicted octanol–water partition coefficient (Wildman–Crippen LogP) is -2.10. The summed E-state index contributed by atoms with van der Waals surface area (Å²) in [6.45, 7) is -0.104. The average Bonchev–Trinajstić information content (AvgIpc) is 2.40. The van der Waals surface area contributed by atoms with Crippen LogP contribution < -0.4 is 10.4 Å². The Morgan fingerprint density at radius 1 is 1.21 bits per heavy atom. The maximum atomic E-state index is 10.6. The molecule has 0 aliphatic carbocycles. The minimum absolute atomic E-state index is 0.0334. The molecule has 19 heavy (non-hydrogen) atoms. The lowest BCUT2D eigenvalue weighted by Gasteiger charge is -2.35. The van der Waals surface area contributed by atoms with Gasteiger partial charge >= 0.3 is 0 Å². The lowest BCUT2D eigenvalue weighted by atomic mass is 10.0. The van der Waals surface area contributed by atoms with Crippen molar-refractivity contribution < 1.29 is 30.0 Å². The molecule has 0 spiro atoms. The summed E-state index contributed by atoms with van der Waals surface area (Å²) in [4.78, 5) is 10.6. The van der Waals surface area contributed by atoms with Crippen LogP contribution in [0, 0.1) is 0 Å². The average molecular weight is 268 g/mol. The second-order valence-electron chi connectivity index (χ2n) is 4.31. The first-order valence-corrected chi connectivity index (χ1v) is 5.73. The third-order valence-corrected chi connectivity index (χ3v) is 2.93. The van der Waals surface area contributed by atoms with Gasteiger partial charge in [0.2, 0.25) is 0 Å². The van der Waals surface area contributed by atoms with Crippen LogP contribution in [0.5, 0.6) is 0 Å². The number of carboxylic acids is 1. The van der Waals surface area contributed by atoms with Gasteiger partial charge in [-0.05, 0) is 17.7 Å². The molecular weight excluding hydrogens is 254 g/mol. The second kappa shape index (κ2) is 5.54. The highest BCUT2D eigenvalue weighted by Crippen LogP contribution is 2.18. The number of rotatable bonds is 3. The van der Waals surface area contributed by atoms with Crippen LogP contribution in [0.1, 0.15) is 10.4 Å². The van der Waals surface area contributed by atoms with Crippen LogP contribution in [-0.2, 0) is 4.74 Å². The molecule has 7 nitrogen and oxygen atoms in total. The van der Waals surface area contributed by atoms with E-state index in [1.807, 2.05) is 0 Å². The SMILES string of the molecule is O=C([O-])c1ccc(N[C@H]2OC[C@@H](O)[C@@H](O)[C@@H]2O)cc1. The summed E-state index contributed by atoms with van der Waals surface area (Å²) in [6, 6.07) is 5.66. The molecule has 1 aliphatic heterocycles. The summed E-state index contributed by atoms with van der Waals surface area (Å²) in [6.07, 6.45) is -4.60. The number of carbonyl (C=O) groups is 1. The molecular formula is C12H14NO6-. The van der Waals surface area contributed by atoms with Gasteiger partial charge in [-0.15, -0.1) is 0 Å². The van der Waals surface area contributed by atoms with E-state index in [9.17, 15) is 25.2 Å². The van der Waals surface area contributed by atoms with Gasteiger partial charge in [0.25, 0.3) is 0 Å². The number of aliphatic hydroxyl groups excluding tert-OH is 3. The summed E-state index contributed by atoms with van der Waals surface area (Å²) in [5.74, 6) is -1.28. The van der Waals surface area contributed by atoms with Crippen molar-refractivity contribution >= 4 is 11.7 Å². The third-order valence-electron chi connectivity index (χ3n) is 2.93. The van der Waals surface area contributed by atoms with Crippen molar-refractivity contribution in [1.29, 1.82) is 0 Å². The van der Waals surface area contributed by atoms with Gasteiger partial charge in [-0.2, -0.15) is 0 Å². The fourth-order valence-electron chi connectivity index (χ4n) is 1.80. The quantitative estimate of drug-likeness (QED) is 0.495. The minimum Gasteiger partial charge on any atom is -0.545 e. The van der Waals surface area contributed by atoms with Crippen molar-refractivity contribution in [2.75, 3.05) is 11.9 Å². The number of hydrogen-bond acceptors (Lipinski definition) is 7. The molecule has 0 aromatic heterocycles. The standard InChI is InChI=1S/C12H15NO6/c14-8-5-19-11(10(16)9(8)15)13-7-3-1-6(2-4-7)12(17)18/h1-4,8-11,13-16H,5H2,(H,17,18)/p-1/t8-,9-,10+,11+/m1/s1. The molecule has 4 atom stereocenters. The van der Waals surface area contributed by atoms with Gasteiger partial charge in [-0.1, -0.05) is 12.1 Å². The molecule has 0 unspecified atom stereocenters. The monoisotopic (exact) mass is 268 g/mol. The zero-order chi connectivity index (χ0) is 14.0. The van der Waals surface area contributed by atoms with Gasteiger partial charge in [-0.25, -0.2) is 0 Å². The second-order valence-corrected chi connectivity index (χ2v) is 4.31. The van der Waals surface area contributed by atoms with Crippen molar-refractivity contribution in [2.24, 2.45) is 0 Å². The highest BCUT2D eigenvalue weighted by molar-refractivity contribution is 5.86. The summed E-state index contributed by atoms with van der Waals surface area (Å²) in [5.41, 5.74) is 0.545. The van der Waals surface area contributed by atoms with Crippen molar-refractivity contribution in [3.63, 3.8) is 0 Å². The normalized spacial score (nSPS) is 30.9. The molecule has 0 radical (unpaired) electrons. The maximum Gasteiger partial charge on any atom is 0.156 e. The molecule has 0 amide bonds. The number of carboxylic acid groups (broad SMARTS) is 1. The first-order chi connectivity index (χ1) is 8.99. The number of hydrogen-bond donors (Lipinski definition) is 4. The van der Waals surface area contributed by atoms with E-state index in [0.29, 0.717) is 5.69 Å². The maximum absolute atomic E-state index is 10.6. The van der Waals surface area contributed by atoms with Crippen LogP contribution in [0.25, 0.3) is 0 Å². The van der Waals surface area contributed by atoms with Gasteiger partial charge in [0, 0.05) is 5.69 Å². The molecule has 1 fully saturated rings. The van der Waals surface area contributed by atoms with E-state index in [-0.39, 0.29) is 12.2 Å². The Bertz CT molecular complexity index is 448. The van der Waals surface area contributed by atoms with Gasteiger partial charge in [0.05, 0.1) is 12.6 Å². The molecule has 104 valence electrons. The Morgan fingerprint density at radius 2 is 1.84 bits per heavy atom. The number of aliphatic hydroxyl groups is 3. The van der Waals surface area contributed by atoms with Gasteiger partial charge < -0.3 is 35.3 Å². The summed E-state index contributed by atoms with van der Waals surface area (Å²) in [5, 5.41) is 41.9. The fraction of sp³-hybridized carbons (Fsp3) is 0.417. The summed E-state index contributed by atoms with van der Waals surface area (Å²) < 4.78 is 5.15. The molecule has 1 aliphatic rings. The number of benzene rings is 1. The third kappa shape index (κ3) is 3.02. The van der Waals surface area contributed by atoms with E-state index in [0.717, 1.165) is 0 Å². The minimum atomic E-state index is -1.30. The van der Waals surface area contributed by atoms with Crippen molar-refractivity contribution in [3.8, 4) is 0 Å². The largest absolute Gasteiger partial charge is 0.545 e. The number of carbonyl (C=O) groups excluding carboxylic acids is 1. The molecule has 1 saturated heterocycles. The Morgan fingerprint density at radius 3 is 2.42 bits per heavy atom. The molecule has 4 N–H and O–H groups in total. The van der Waals surface area contributed by atoms with Crippen LogP contribution >= 0.6 is 0 Å². The molecule has 1 aromatic rings. The molecule has 0 saturated carbocycles. The summed E-state index contributed by atoms with van der Waals surface area (Å²) >= 11 is 0. The molecule has 1 aromatic carbocycles. The van der Waals surface area contributed by atoms with Crippen LogP contribution in [0.2, 0.25) is 0 Å². The van der Waals surface area contributed by atoms with Gasteiger partial charge in [-0.3, -0.25) is 0 Å². The number of aromatic carboxylic acids is 1. The first kappa shape index (κ1) is 13.8. The molecule has 7 heteroatoms. The Hall–Kier alpha value is -1.67. The highest BCUT2D eigenvalue weighted by atomic mass is 16.5. The number of ether oxygens (including phenoxy) is 1. The molecule has 0 bridgehead atoms. The fourth-order valence-corrected chi connectivity index (χ4v) is 1.80. The lowest BCUT2D eigenvalue weighted by molar-refractivity contribution is -0.255. The van der Waals surface area contributed by atoms with Crippen LogP contribution in [-0.4, -0.2) is 52.4 Å². The van der Waals surface area contributed by atoms with Crippen LogP contribution in [0.3, 0.4) is 0 Å². The zero-order valence-corrected chi connectivity index (χ0v) is 9.89. The number of nitrogens with one attached hydrogen (secondary N) is 1. The highest BCUT2D eigenvalue weighted by Gasteiger charge is 2.37. The van der Waals surface area contributed by atoms with Crippen molar-refractivity contribution in [1.82, 2.24) is 0 Å². The van der Waals surface area contributed by atoms with E-state index in [1.165, 1.54) is 24.3 Å². The summed E-state index contributed by atoms with van der Waals surface area (Å²) in [7, 11) is 0. The van der Waals surface area contributed by atoms with Crippen molar-refractivity contribution in [2.45, 2.75) is 24.5 Å². The topological polar surface area (TPSA) is 122 Å². The van der Waals surface area contributed by atoms with E-state index in [1.54, 1.807) is 0 Å². The molecule has 2 rings (SSSR count). The molecule has 1 heterocycles. The van der Waals surface area contributed by atoms with Crippen LogP contribution in [0.15, 0.2) is 24.3 Å². The van der Waals surface area contributed by atoms with E-state index < -0.39 is 30.5 Å². The van der Waals surface area contributed by atoms with Crippen molar-refractivity contribution in [3.05, 3.63) is 29.8 Å². The van der Waals surface area contributed by atoms with E-state index in [4.69, 9.17) is 4.74 Å². The zero-order valence-electron chi connectivity index (χ0n) is 9.89. The Kier molecular flexibility index (Phi) is 4.01. The number of anilines is 1. The smallest absolute Gasteiger partial charge is 0.156 e. The van der Waals surface area contributed by atoms with Crippen LogP contribution in [0.4, 0.5) is 5.69 Å². The first-order valence-electron chi connectivity index (χ1n) is 5.73. The van der Waals surface area contributed by atoms with E-state index in [2.05, 4.69) is 5.32 Å². The predicted molar refractivity (Wildman–Crippen MR) is 62.2 cm³/mol. The van der Waals surface area contributed by atoms with Gasteiger partial charge in [0.15, 0.2) is 6.23 Å².